The van der Waals surface area contributed by atoms with E-state index in [-0.39, 0.29) is 12.2 Å². The predicted molar refractivity (Wildman–Crippen MR) is 124 cm³/mol. The molecule has 32 heavy (non-hydrogen) atoms. The van der Waals surface area contributed by atoms with E-state index in [0.29, 0.717) is 48.9 Å². The maximum atomic E-state index is 14.4. The van der Waals surface area contributed by atoms with Gasteiger partial charge in [0.15, 0.2) is 6.29 Å². The first-order valence-corrected chi connectivity index (χ1v) is 11.0. The molecule has 0 amide bonds. The minimum atomic E-state index is -0.553. The molecule has 0 aliphatic carbocycles. The molecule has 166 valence electrons. The molecule has 2 heterocycles. The molecular formula is C23H19Cl3FN3O2. The Balaban J connectivity index is 1.84. The minimum Gasteiger partial charge on any atom is -0.298 e. The molecule has 1 aromatic heterocycles. The van der Waals surface area contributed by atoms with Gasteiger partial charge in [-0.1, -0.05) is 46.9 Å². The van der Waals surface area contributed by atoms with Gasteiger partial charge in [0.05, 0.1) is 27.0 Å². The van der Waals surface area contributed by atoms with Crippen molar-refractivity contribution in [3.05, 3.63) is 90.9 Å². The Morgan fingerprint density at radius 2 is 1.69 bits per heavy atom. The van der Waals surface area contributed by atoms with E-state index in [0.717, 1.165) is 11.8 Å². The summed E-state index contributed by atoms with van der Waals surface area (Å²) in [6.45, 7) is 5.41. The first-order valence-electron chi connectivity index (χ1n) is 9.83. The summed E-state index contributed by atoms with van der Waals surface area (Å²) >= 11 is 19.1. The summed E-state index contributed by atoms with van der Waals surface area (Å²) in [5.74, 6) is -0.387. The van der Waals surface area contributed by atoms with Crippen LogP contribution in [-0.4, -0.2) is 22.3 Å². The zero-order chi connectivity index (χ0) is 23.2. The number of hydroxylamine groups is 1. The largest absolute Gasteiger partial charge is 0.298 e. The second kappa shape index (κ2) is 8.87. The molecule has 9 heteroatoms. The molecule has 0 fully saturated rings. The van der Waals surface area contributed by atoms with Crippen LogP contribution in [0.3, 0.4) is 0 Å². The number of hydrogen-bond donors (Lipinski definition) is 0. The van der Waals surface area contributed by atoms with Crippen LogP contribution < -0.4 is 5.17 Å². The third kappa shape index (κ3) is 3.82. The highest BCUT2D eigenvalue weighted by Gasteiger charge is 2.36. The van der Waals surface area contributed by atoms with Gasteiger partial charge >= 0.3 is 0 Å². The van der Waals surface area contributed by atoms with E-state index in [1.807, 2.05) is 13.8 Å². The first kappa shape index (κ1) is 22.8. The SMILES string of the molecule is Cc1nn(N2OC(C)C(C=O)=C2c2c(Cl)cccc2Cl)c(C)c1Cc1c(F)cccc1Cl. The van der Waals surface area contributed by atoms with Crippen molar-refractivity contribution >= 4 is 46.8 Å². The standard InChI is InChI=1S/C23H19Cl3FN3O2/c1-12-15(10-16-18(24)6-5-9-21(16)27)13(2)29(28-12)30-23(17(11-31)14(3)32-30)22-19(25)7-4-8-20(22)26/h4-9,11,14H,10H2,1-3H3. The van der Waals surface area contributed by atoms with Crippen LogP contribution in [0, 0.1) is 19.7 Å². The molecular weight excluding hydrogens is 476 g/mol. The average molecular weight is 495 g/mol. The Labute approximate surface area is 199 Å². The van der Waals surface area contributed by atoms with E-state index in [1.165, 1.54) is 16.0 Å². The maximum Gasteiger partial charge on any atom is 0.151 e. The van der Waals surface area contributed by atoms with Crippen LogP contribution >= 0.6 is 34.8 Å². The second-order valence-electron chi connectivity index (χ2n) is 7.45. The fraction of sp³-hybridized carbons (Fsp3) is 0.217. The van der Waals surface area contributed by atoms with Gasteiger partial charge in [0.1, 0.15) is 17.6 Å². The van der Waals surface area contributed by atoms with Gasteiger partial charge in [-0.05, 0) is 45.0 Å². The molecule has 1 atom stereocenters. The summed E-state index contributed by atoms with van der Waals surface area (Å²) in [6.07, 6.45) is 0.424. The summed E-state index contributed by atoms with van der Waals surface area (Å²) in [5.41, 5.74) is 3.79. The maximum absolute atomic E-state index is 14.4. The highest BCUT2D eigenvalue weighted by Crippen LogP contribution is 2.39. The lowest BCUT2D eigenvalue weighted by molar-refractivity contribution is -0.105. The van der Waals surface area contributed by atoms with Crippen LogP contribution in [0.2, 0.25) is 15.1 Å². The van der Waals surface area contributed by atoms with Crippen LogP contribution in [-0.2, 0) is 16.1 Å². The van der Waals surface area contributed by atoms with E-state index in [2.05, 4.69) is 5.10 Å². The average Bonchev–Trinajstić information content (AvgIpc) is 3.20. The molecule has 2 aromatic carbocycles. The minimum absolute atomic E-state index is 0.249. The smallest absolute Gasteiger partial charge is 0.151 e. The first-order chi connectivity index (χ1) is 15.2. The van der Waals surface area contributed by atoms with Gasteiger partial charge in [-0.3, -0.25) is 4.79 Å². The zero-order valence-electron chi connectivity index (χ0n) is 17.5. The summed E-state index contributed by atoms with van der Waals surface area (Å²) in [7, 11) is 0. The lowest BCUT2D eigenvalue weighted by Gasteiger charge is -2.23. The molecule has 1 unspecified atom stereocenters. The summed E-state index contributed by atoms with van der Waals surface area (Å²) < 4.78 is 14.4. The molecule has 0 saturated heterocycles. The Morgan fingerprint density at radius 1 is 1.06 bits per heavy atom. The van der Waals surface area contributed by atoms with Crippen molar-refractivity contribution in [3.8, 4) is 0 Å². The van der Waals surface area contributed by atoms with E-state index < -0.39 is 6.10 Å². The number of aryl methyl sites for hydroxylation is 1. The topological polar surface area (TPSA) is 47.4 Å². The van der Waals surface area contributed by atoms with Crippen molar-refractivity contribution in [1.82, 2.24) is 9.89 Å². The number of hydrogen-bond acceptors (Lipinski definition) is 4. The Kier molecular flexibility index (Phi) is 6.32. The van der Waals surface area contributed by atoms with Crippen LogP contribution in [0.25, 0.3) is 5.70 Å². The van der Waals surface area contributed by atoms with Gasteiger partial charge in [-0.15, -0.1) is 5.17 Å². The molecule has 4 rings (SSSR count). The highest BCUT2D eigenvalue weighted by molar-refractivity contribution is 6.38. The van der Waals surface area contributed by atoms with Crippen LogP contribution in [0.5, 0.6) is 0 Å². The molecule has 0 N–H and O–H groups in total. The van der Waals surface area contributed by atoms with Crippen molar-refractivity contribution in [2.45, 2.75) is 33.3 Å². The van der Waals surface area contributed by atoms with Gasteiger partial charge in [0.25, 0.3) is 0 Å². The van der Waals surface area contributed by atoms with E-state index >= 15 is 0 Å². The molecule has 0 spiro atoms. The Morgan fingerprint density at radius 3 is 2.31 bits per heavy atom. The summed E-state index contributed by atoms with van der Waals surface area (Å²) in [5, 5.41) is 7.10. The highest BCUT2D eigenvalue weighted by atomic mass is 35.5. The lowest BCUT2D eigenvalue weighted by Crippen LogP contribution is -2.33. The molecule has 1 aliphatic rings. The van der Waals surface area contributed by atoms with Crippen molar-refractivity contribution in [1.29, 1.82) is 0 Å². The number of carbonyl (C=O) groups is 1. The summed E-state index contributed by atoms with van der Waals surface area (Å²) in [6, 6.07) is 9.68. The number of benzene rings is 2. The van der Waals surface area contributed by atoms with E-state index in [9.17, 15) is 9.18 Å². The number of halogens is 4. The molecule has 0 saturated carbocycles. The fourth-order valence-electron chi connectivity index (χ4n) is 3.79. The van der Waals surface area contributed by atoms with E-state index in [4.69, 9.17) is 39.6 Å². The Bertz CT molecular complexity index is 1220. The van der Waals surface area contributed by atoms with Crippen LogP contribution in [0.4, 0.5) is 4.39 Å². The van der Waals surface area contributed by atoms with Crippen LogP contribution in [0.1, 0.15) is 35.0 Å². The molecule has 1 aliphatic heterocycles. The monoisotopic (exact) mass is 493 g/mol. The van der Waals surface area contributed by atoms with Gasteiger partial charge in [-0.25, -0.2) is 9.23 Å². The second-order valence-corrected chi connectivity index (χ2v) is 8.68. The van der Waals surface area contributed by atoms with E-state index in [1.54, 1.807) is 37.3 Å². The predicted octanol–water partition coefficient (Wildman–Crippen LogP) is 6.07. The van der Waals surface area contributed by atoms with Gasteiger partial charge in [0.2, 0.25) is 0 Å². The Hall–Kier alpha value is -2.38. The lowest BCUT2D eigenvalue weighted by atomic mass is 10.0. The normalized spacial score (nSPS) is 16.2. The number of rotatable bonds is 5. The number of aldehydes is 1. The third-order valence-electron chi connectivity index (χ3n) is 5.49. The van der Waals surface area contributed by atoms with Gasteiger partial charge in [-0.2, -0.15) is 9.89 Å². The molecule has 0 bridgehead atoms. The molecule has 3 aromatic rings. The van der Waals surface area contributed by atoms with Crippen molar-refractivity contribution in [3.63, 3.8) is 0 Å². The van der Waals surface area contributed by atoms with Crippen molar-refractivity contribution < 1.29 is 14.0 Å². The fourth-order valence-corrected chi connectivity index (χ4v) is 4.59. The van der Waals surface area contributed by atoms with Crippen molar-refractivity contribution in [2.75, 3.05) is 5.17 Å². The quantitative estimate of drug-likeness (QED) is 0.404. The number of aromatic nitrogens is 2. The van der Waals surface area contributed by atoms with Gasteiger partial charge in [0, 0.05) is 28.1 Å². The summed E-state index contributed by atoms with van der Waals surface area (Å²) in [4.78, 5) is 19.5. The number of nitrogens with zero attached hydrogens (tertiary/aromatic N) is 3. The zero-order valence-corrected chi connectivity index (χ0v) is 19.8. The third-order valence-corrected chi connectivity index (χ3v) is 6.48. The molecule has 5 nitrogen and oxygen atoms in total. The van der Waals surface area contributed by atoms with Crippen LogP contribution in [0.15, 0.2) is 42.0 Å². The molecule has 0 radical (unpaired) electrons. The van der Waals surface area contributed by atoms with Crippen molar-refractivity contribution in [2.24, 2.45) is 0 Å². The van der Waals surface area contributed by atoms with Gasteiger partial charge < -0.3 is 0 Å². The number of carbonyl (C=O) groups excluding carboxylic acids is 1.